The van der Waals surface area contributed by atoms with Crippen LogP contribution in [-0.2, 0) is 14.8 Å². The highest BCUT2D eigenvalue weighted by molar-refractivity contribution is 7.89. The van der Waals surface area contributed by atoms with Gasteiger partial charge in [0, 0.05) is 19.5 Å². The SMILES string of the molecule is O=C(CCNS(=O)(=O)c1ccc(F)cc1)N1CCC[C@H]1c1nc2ccccc2s1. The number of likely N-dealkylation sites (tertiary alicyclic amines) is 1. The predicted molar refractivity (Wildman–Crippen MR) is 110 cm³/mol. The van der Waals surface area contributed by atoms with Crippen molar-refractivity contribution in [2.75, 3.05) is 13.1 Å². The van der Waals surface area contributed by atoms with Gasteiger partial charge in [-0.25, -0.2) is 22.5 Å². The van der Waals surface area contributed by atoms with Gasteiger partial charge in [0.1, 0.15) is 10.8 Å². The first-order valence-corrected chi connectivity index (χ1v) is 11.6. The van der Waals surface area contributed by atoms with Crippen molar-refractivity contribution in [3.8, 4) is 0 Å². The van der Waals surface area contributed by atoms with Gasteiger partial charge in [-0.05, 0) is 49.2 Å². The maximum Gasteiger partial charge on any atom is 0.240 e. The molecule has 4 rings (SSSR count). The third-order valence-corrected chi connectivity index (χ3v) is 7.54. The van der Waals surface area contributed by atoms with Gasteiger partial charge in [0.15, 0.2) is 0 Å². The lowest BCUT2D eigenvalue weighted by atomic mass is 10.2. The number of halogens is 1. The number of rotatable bonds is 6. The van der Waals surface area contributed by atoms with Crippen molar-refractivity contribution < 1.29 is 17.6 Å². The van der Waals surface area contributed by atoms with Gasteiger partial charge in [-0.15, -0.1) is 11.3 Å². The van der Waals surface area contributed by atoms with Gasteiger partial charge in [-0.3, -0.25) is 4.79 Å². The molecule has 1 N–H and O–H groups in total. The molecule has 0 spiro atoms. The summed E-state index contributed by atoms with van der Waals surface area (Å²) in [4.78, 5) is 19.2. The molecular weight excluding hydrogens is 413 g/mol. The number of sulfonamides is 1. The second-order valence-corrected chi connectivity index (χ2v) is 9.70. The van der Waals surface area contributed by atoms with Crippen LogP contribution in [0.4, 0.5) is 4.39 Å². The van der Waals surface area contributed by atoms with Gasteiger partial charge < -0.3 is 4.90 Å². The standard InChI is InChI=1S/C20H20FN3O3S2/c21-14-7-9-15(10-8-14)29(26,27)22-12-11-19(25)24-13-3-5-17(24)20-23-16-4-1-2-6-18(16)28-20/h1-2,4,6-10,17,22H,3,5,11-13H2/t17-/m0/s1. The number of nitrogens with one attached hydrogen (secondary N) is 1. The molecule has 0 aliphatic carbocycles. The van der Waals surface area contributed by atoms with E-state index in [0.717, 1.165) is 40.2 Å². The zero-order valence-corrected chi connectivity index (χ0v) is 17.2. The van der Waals surface area contributed by atoms with E-state index in [4.69, 9.17) is 0 Å². The van der Waals surface area contributed by atoms with Crippen LogP contribution in [0.3, 0.4) is 0 Å². The molecule has 2 heterocycles. The maximum absolute atomic E-state index is 13.0. The van der Waals surface area contributed by atoms with Gasteiger partial charge in [0.2, 0.25) is 15.9 Å². The van der Waals surface area contributed by atoms with Crippen LogP contribution in [0, 0.1) is 5.82 Å². The number of hydrogen-bond donors (Lipinski definition) is 1. The highest BCUT2D eigenvalue weighted by Gasteiger charge is 2.32. The summed E-state index contributed by atoms with van der Waals surface area (Å²) in [6, 6.07) is 12.4. The third-order valence-electron chi connectivity index (χ3n) is 4.92. The van der Waals surface area contributed by atoms with Gasteiger partial charge in [0.25, 0.3) is 0 Å². The van der Waals surface area contributed by atoms with Crippen molar-refractivity contribution in [3.05, 3.63) is 59.4 Å². The average Bonchev–Trinajstić information content (AvgIpc) is 3.34. The Balaban J connectivity index is 1.39. The van der Waals surface area contributed by atoms with Crippen LogP contribution in [0.2, 0.25) is 0 Å². The number of aromatic nitrogens is 1. The Bertz CT molecular complexity index is 1100. The smallest absolute Gasteiger partial charge is 0.240 e. The molecule has 0 radical (unpaired) electrons. The number of para-hydroxylation sites is 1. The van der Waals surface area contributed by atoms with E-state index in [9.17, 15) is 17.6 Å². The van der Waals surface area contributed by atoms with Crippen LogP contribution >= 0.6 is 11.3 Å². The second-order valence-electron chi connectivity index (χ2n) is 6.87. The molecule has 1 aliphatic rings. The van der Waals surface area contributed by atoms with Crippen LogP contribution in [0.25, 0.3) is 10.2 Å². The summed E-state index contributed by atoms with van der Waals surface area (Å²) in [5.74, 6) is -0.609. The Hall–Kier alpha value is -2.36. The largest absolute Gasteiger partial charge is 0.333 e. The van der Waals surface area contributed by atoms with Gasteiger partial charge in [-0.1, -0.05) is 12.1 Å². The first-order valence-electron chi connectivity index (χ1n) is 9.34. The lowest BCUT2D eigenvalue weighted by Gasteiger charge is -2.23. The highest BCUT2D eigenvalue weighted by Crippen LogP contribution is 2.36. The Kier molecular flexibility index (Phi) is 5.62. The highest BCUT2D eigenvalue weighted by atomic mass is 32.2. The van der Waals surface area contributed by atoms with E-state index in [1.54, 1.807) is 16.2 Å². The molecule has 152 valence electrons. The third kappa shape index (κ3) is 4.31. The predicted octanol–water partition coefficient (Wildman–Crippen LogP) is 3.47. The van der Waals surface area contributed by atoms with Crippen LogP contribution in [0.1, 0.15) is 30.3 Å². The molecule has 1 aromatic heterocycles. The molecule has 1 atom stereocenters. The van der Waals surface area contributed by atoms with E-state index in [2.05, 4.69) is 9.71 Å². The van der Waals surface area contributed by atoms with Gasteiger partial charge in [0.05, 0.1) is 21.2 Å². The minimum atomic E-state index is -3.78. The van der Waals surface area contributed by atoms with E-state index in [-0.39, 0.29) is 29.8 Å². The Labute approximate surface area is 172 Å². The summed E-state index contributed by atoms with van der Waals surface area (Å²) in [6.07, 6.45) is 1.81. The lowest BCUT2D eigenvalue weighted by molar-refractivity contribution is -0.131. The fourth-order valence-corrected chi connectivity index (χ4v) is 5.63. The molecule has 1 fully saturated rings. The molecular formula is C20H20FN3O3S2. The monoisotopic (exact) mass is 433 g/mol. The van der Waals surface area contributed by atoms with Crippen molar-refractivity contribution in [1.82, 2.24) is 14.6 Å². The molecule has 1 aliphatic heterocycles. The first-order chi connectivity index (χ1) is 13.9. The zero-order valence-electron chi connectivity index (χ0n) is 15.5. The normalized spacial score (nSPS) is 17.1. The van der Waals surface area contributed by atoms with E-state index in [1.165, 1.54) is 12.1 Å². The van der Waals surface area contributed by atoms with E-state index in [0.29, 0.717) is 6.54 Å². The number of amides is 1. The minimum Gasteiger partial charge on any atom is -0.333 e. The van der Waals surface area contributed by atoms with Gasteiger partial charge >= 0.3 is 0 Å². The summed E-state index contributed by atoms with van der Waals surface area (Å²) < 4.78 is 41.0. The van der Waals surface area contributed by atoms with Crippen molar-refractivity contribution in [3.63, 3.8) is 0 Å². The molecule has 2 aromatic carbocycles. The summed E-state index contributed by atoms with van der Waals surface area (Å²) >= 11 is 1.60. The van der Waals surface area contributed by atoms with Crippen molar-refractivity contribution in [2.45, 2.75) is 30.2 Å². The summed E-state index contributed by atoms with van der Waals surface area (Å²) in [5, 5.41) is 0.920. The van der Waals surface area contributed by atoms with Gasteiger partial charge in [-0.2, -0.15) is 0 Å². The second kappa shape index (κ2) is 8.17. The fraction of sp³-hybridized carbons (Fsp3) is 0.300. The Morgan fingerprint density at radius 3 is 2.72 bits per heavy atom. The minimum absolute atomic E-state index is 0.0123. The Morgan fingerprint density at radius 1 is 1.21 bits per heavy atom. The number of benzene rings is 2. The molecule has 9 heteroatoms. The maximum atomic E-state index is 13.0. The molecule has 1 saturated heterocycles. The molecule has 0 unspecified atom stereocenters. The van der Waals surface area contributed by atoms with Crippen molar-refractivity contribution in [1.29, 1.82) is 0 Å². The molecule has 29 heavy (non-hydrogen) atoms. The number of carbonyl (C=O) groups excluding carboxylic acids is 1. The first kappa shape index (κ1) is 19.9. The fourth-order valence-electron chi connectivity index (χ4n) is 3.49. The molecule has 1 amide bonds. The molecule has 0 bridgehead atoms. The summed E-state index contributed by atoms with van der Waals surface area (Å²) in [6.45, 7) is 0.631. The molecule has 6 nitrogen and oxygen atoms in total. The van der Waals surface area contributed by atoms with E-state index in [1.807, 2.05) is 24.3 Å². The van der Waals surface area contributed by atoms with E-state index < -0.39 is 15.8 Å². The van der Waals surface area contributed by atoms with E-state index >= 15 is 0 Å². The average molecular weight is 434 g/mol. The topological polar surface area (TPSA) is 79.4 Å². The lowest BCUT2D eigenvalue weighted by Crippen LogP contribution is -2.34. The van der Waals surface area contributed by atoms with Crippen LogP contribution in [0.15, 0.2) is 53.4 Å². The van der Waals surface area contributed by atoms with Crippen LogP contribution in [0.5, 0.6) is 0 Å². The summed E-state index contributed by atoms with van der Waals surface area (Å²) in [5.41, 5.74) is 0.929. The van der Waals surface area contributed by atoms with Crippen molar-refractivity contribution >= 4 is 37.5 Å². The van der Waals surface area contributed by atoms with Crippen molar-refractivity contribution in [2.24, 2.45) is 0 Å². The number of hydrogen-bond acceptors (Lipinski definition) is 5. The number of fused-ring (bicyclic) bond motifs is 1. The quantitative estimate of drug-likeness (QED) is 0.646. The molecule has 3 aromatic rings. The number of thiazole rings is 1. The summed E-state index contributed by atoms with van der Waals surface area (Å²) in [7, 11) is -3.78. The zero-order chi connectivity index (χ0) is 20.4. The molecule has 0 saturated carbocycles. The Morgan fingerprint density at radius 2 is 1.97 bits per heavy atom. The number of carbonyl (C=O) groups is 1. The van der Waals surface area contributed by atoms with Crippen LogP contribution in [-0.4, -0.2) is 37.3 Å². The number of nitrogens with zero attached hydrogens (tertiary/aromatic N) is 2. The van der Waals surface area contributed by atoms with Crippen LogP contribution < -0.4 is 4.72 Å².